The average molecular weight is 148 g/mol. The molecule has 0 bridgehead atoms. The lowest BCUT2D eigenvalue weighted by molar-refractivity contribution is 0.772. The number of nitrogens with one attached hydrogen (secondary N) is 1. The van der Waals surface area contributed by atoms with Crippen molar-refractivity contribution in [3.8, 4) is 0 Å². The third-order valence-electron chi connectivity index (χ3n) is 1.16. The first-order valence-corrected chi connectivity index (χ1v) is 2.98. The molecule has 2 aliphatic heterocycles. The molecule has 0 aromatic carbocycles. The van der Waals surface area contributed by atoms with Gasteiger partial charge in [-0.3, -0.25) is 5.43 Å². The van der Waals surface area contributed by atoms with Gasteiger partial charge in [0.25, 0.3) is 0 Å². The van der Waals surface area contributed by atoms with Crippen molar-refractivity contribution in [1.82, 2.24) is 5.43 Å². The Morgan fingerprint density at radius 3 is 3.36 bits per heavy atom. The SMILES string of the molecule is C1=CN=NC2=NN=NNC2=C1. The zero-order valence-electron chi connectivity index (χ0n) is 5.47. The predicted molar refractivity (Wildman–Crippen MR) is 37.5 cm³/mol. The molecular formula is C5H4N6. The maximum absolute atomic E-state index is 3.75. The summed E-state index contributed by atoms with van der Waals surface area (Å²) >= 11 is 0. The van der Waals surface area contributed by atoms with Gasteiger partial charge in [0, 0.05) is 6.20 Å². The average Bonchev–Trinajstić information content (AvgIpc) is 2.28. The molecule has 0 saturated heterocycles. The maximum atomic E-state index is 3.75. The molecule has 0 atom stereocenters. The number of fused-ring (bicyclic) bond motifs is 1. The van der Waals surface area contributed by atoms with E-state index in [4.69, 9.17) is 0 Å². The molecule has 0 unspecified atom stereocenters. The number of azo groups is 1. The molecular weight excluding hydrogens is 144 g/mol. The highest BCUT2D eigenvalue weighted by molar-refractivity contribution is 5.98. The molecule has 54 valence electrons. The summed E-state index contributed by atoms with van der Waals surface area (Å²) in [5, 5.41) is 17.9. The number of amidine groups is 1. The molecule has 6 heteroatoms. The van der Waals surface area contributed by atoms with E-state index in [2.05, 4.69) is 31.2 Å². The lowest BCUT2D eigenvalue weighted by Gasteiger charge is -2.03. The van der Waals surface area contributed by atoms with Crippen LogP contribution < -0.4 is 5.43 Å². The fourth-order valence-electron chi connectivity index (χ4n) is 0.696. The summed E-state index contributed by atoms with van der Waals surface area (Å²) in [6.07, 6.45) is 5.09. The van der Waals surface area contributed by atoms with Gasteiger partial charge in [-0.15, -0.1) is 10.2 Å². The van der Waals surface area contributed by atoms with Crippen LogP contribution in [-0.2, 0) is 0 Å². The third-order valence-corrected chi connectivity index (χ3v) is 1.16. The molecule has 0 amide bonds. The van der Waals surface area contributed by atoms with Gasteiger partial charge in [-0.25, -0.2) is 0 Å². The molecule has 0 aliphatic carbocycles. The first-order valence-electron chi connectivity index (χ1n) is 2.98. The molecule has 2 aliphatic rings. The summed E-state index contributed by atoms with van der Waals surface area (Å²) in [7, 11) is 0. The van der Waals surface area contributed by atoms with Crippen molar-refractivity contribution in [1.29, 1.82) is 0 Å². The van der Waals surface area contributed by atoms with E-state index in [1.54, 1.807) is 18.4 Å². The fourth-order valence-corrected chi connectivity index (χ4v) is 0.696. The van der Waals surface area contributed by atoms with Crippen LogP contribution in [0.4, 0.5) is 0 Å². The van der Waals surface area contributed by atoms with Gasteiger partial charge in [0.2, 0.25) is 5.84 Å². The van der Waals surface area contributed by atoms with Gasteiger partial charge in [0.1, 0.15) is 5.70 Å². The second-order valence-corrected chi connectivity index (χ2v) is 1.86. The van der Waals surface area contributed by atoms with Crippen molar-refractivity contribution in [3.63, 3.8) is 0 Å². The molecule has 0 aromatic rings. The van der Waals surface area contributed by atoms with E-state index in [1.807, 2.05) is 0 Å². The van der Waals surface area contributed by atoms with Crippen LogP contribution in [0.2, 0.25) is 0 Å². The summed E-state index contributed by atoms with van der Waals surface area (Å²) in [6, 6.07) is 0. The Kier molecular flexibility index (Phi) is 1.29. The van der Waals surface area contributed by atoms with Crippen molar-refractivity contribution in [2.24, 2.45) is 25.8 Å². The molecule has 0 aromatic heterocycles. The minimum absolute atomic E-state index is 0.449. The minimum atomic E-state index is 0.449. The number of hydrogen-bond donors (Lipinski definition) is 1. The molecule has 0 radical (unpaired) electrons. The van der Waals surface area contributed by atoms with Gasteiger partial charge in [0.15, 0.2) is 0 Å². The summed E-state index contributed by atoms with van der Waals surface area (Å²) in [6.45, 7) is 0. The number of rotatable bonds is 0. The van der Waals surface area contributed by atoms with Crippen LogP contribution in [0.1, 0.15) is 0 Å². The molecule has 2 heterocycles. The lowest BCUT2D eigenvalue weighted by atomic mass is 10.4. The fraction of sp³-hybridized carbons (Fsp3) is 0. The standard InChI is InChI=1S/C5H4N6/c1-2-4-5(8-6-3-1)9-11-10-7-4/h1-3H,(H,7,11). The summed E-state index contributed by atoms with van der Waals surface area (Å²) in [4.78, 5) is 0. The van der Waals surface area contributed by atoms with Crippen LogP contribution in [0.25, 0.3) is 0 Å². The van der Waals surface area contributed by atoms with Crippen molar-refractivity contribution in [2.75, 3.05) is 0 Å². The Balaban J connectivity index is 2.44. The van der Waals surface area contributed by atoms with E-state index in [0.29, 0.717) is 11.5 Å². The highest BCUT2D eigenvalue weighted by Crippen LogP contribution is 2.06. The van der Waals surface area contributed by atoms with Gasteiger partial charge in [-0.05, 0) is 22.6 Å². The van der Waals surface area contributed by atoms with Crippen LogP contribution in [0.3, 0.4) is 0 Å². The monoisotopic (exact) mass is 148 g/mol. The van der Waals surface area contributed by atoms with Crippen molar-refractivity contribution in [2.45, 2.75) is 0 Å². The van der Waals surface area contributed by atoms with Crippen molar-refractivity contribution >= 4 is 5.84 Å². The minimum Gasteiger partial charge on any atom is -0.254 e. The van der Waals surface area contributed by atoms with Gasteiger partial charge in [-0.1, -0.05) is 0 Å². The van der Waals surface area contributed by atoms with Gasteiger partial charge in [0.05, 0.1) is 0 Å². The third kappa shape index (κ3) is 1.05. The Labute approximate surface area is 62.1 Å². The Morgan fingerprint density at radius 1 is 1.36 bits per heavy atom. The van der Waals surface area contributed by atoms with E-state index >= 15 is 0 Å². The van der Waals surface area contributed by atoms with Gasteiger partial charge >= 0.3 is 0 Å². The zero-order chi connectivity index (χ0) is 7.52. The summed E-state index contributed by atoms with van der Waals surface area (Å²) in [5.41, 5.74) is 3.35. The summed E-state index contributed by atoms with van der Waals surface area (Å²) < 4.78 is 0. The van der Waals surface area contributed by atoms with E-state index < -0.39 is 0 Å². The van der Waals surface area contributed by atoms with Crippen molar-refractivity contribution < 1.29 is 0 Å². The number of nitrogens with zero attached hydrogens (tertiary/aromatic N) is 5. The normalized spacial score (nSPS) is 19.6. The molecule has 0 fully saturated rings. The highest BCUT2D eigenvalue weighted by atomic mass is 15.6. The second kappa shape index (κ2) is 2.41. The lowest BCUT2D eigenvalue weighted by Crippen LogP contribution is -2.15. The van der Waals surface area contributed by atoms with E-state index in [9.17, 15) is 0 Å². The highest BCUT2D eigenvalue weighted by Gasteiger charge is 2.09. The van der Waals surface area contributed by atoms with Crippen LogP contribution in [0.5, 0.6) is 0 Å². The maximum Gasteiger partial charge on any atom is 0.223 e. The van der Waals surface area contributed by atoms with Crippen molar-refractivity contribution in [3.05, 3.63) is 24.0 Å². The molecule has 2 rings (SSSR count). The first-order chi connectivity index (χ1) is 5.47. The van der Waals surface area contributed by atoms with Crippen LogP contribution in [0, 0.1) is 0 Å². The molecule has 0 saturated carbocycles. The summed E-state index contributed by atoms with van der Waals surface area (Å²) in [5.74, 6) is 0.449. The quantitative estimate of drug-likeness (QED) is 0.549. The first kappa shape index (κ1) is 5.90. The molecule has 11 heavy (non-hydrogen) atoms. The van der Waals surface area contributed by atoms with Crippen LogP contribution in [0.15, 0.2) is 49.8 Å². The smallest absolute Gasteiger partial charge is 0.223 e. The molecule has 1 N–H and O–H groups in total. The van der Waals surface area contributed by atoms with E-state index in [0.717, 1.165) is 0 Å². The second-order valence-electron chi connectivity index (χ2n) is 1.86. The zero-order valence-corrected chi connectivity index (χ0v) is 5.47. The van der Waals surface area contributed by atoms with E-state index in [-0.39, 0.29) is 0 Å². The Hall–Kier alpha value is -1.85. The predicted octanol–water partition coefficient (Wildman–Crippen LogP) is 1.13. The Bertz CT molecular complexity index is 307. The largest absolute Gasteiger partial charge is 0.254 e. The number of allylic oxidation sites excluding steroid dienone is 2. The molecule has 0 spiro atoms. The molecule has 6 nitrogen and oxygen atoms in total. The van der Waals surface area contributed by atoms with Crippen LogP contribution in [-0.4, -0.2) is 5.84 Å². The van der Waals surface area contributed by atoms with Gasteiger partial charge in [-0.2, -0.15) is 5.11 Å². The Morgan fingerprint density at radius 2 is 2.36 bits per heavy atom. The van der Waals surface area contributed by atoms with Gasteiger partial charge < -0.3 is 0 Å². The topological polar surface area (TPSA) is 73.8 Å². The van der Waals surface area contributed by atoms with E-state index in [1.165, 1.54) is 0 Å². The van der Waals surface area contributed by atoms with Crippen LogP contribution >= 0.6 is 0 Å². The number of hydrogen-bond acceptors (Lipinski definition) is 6.